The van der Waals surface area contributed by atoms with Gasteiger partial charge in [-0.15, -0.1) is 0 Å². The molecule has 2 rings (SSSR count). The van der Waals surface area contributed by atoms with Gasteiger partial charge in [0, 0.05) is 12.7 Å². The zero-order chi connectivity index (χ0) is 13.7. The lowest BCUT2D eigenvalue weighted by atomic mass is 10.4. The summed E-state index contributed by atoms with van der Waals surface area (Å²) in [4.78, 5) is 22.0. The van der Waals surface area contributed by atoms with Crippen molar-refractivity contribution in [2.45, 2.75) is 6.92 Å². The minimum Gasteiger partial charge on any atom is -0.432 e. The monoisotopic (exact) mass is 261 g/mol. The minimum atomic E-state index is -0.580. The van der Waals surface area contributed by atoms with Crippen LogP contribution in [0.2, 0.25) is 0 Å². The van der Waals surface area contributed by atoms with E-state index in [0.29, 0.717) is 12.3 Å². The third-order valence-electron chi connectivity index (χ3n) is 2.16. The molecule has 98 valence electrons. The Morgan fingerprint density at radius 1 is 1.47 bits per heavy atom. The van der Waals surface area contributed by atoms with Crippen LogP contribution in [0.4, 0.5) is 11.5 Å². The van der Waals surface area contributed by atoms with Crippen LogP contribution in [-0.4, -0.2) is 26.4 Å². The summed E-state index contributed by atoms with van der Waals surface area (Å²) in [6.45, 7) is 2.32. The van der Waals surface area contributed by atoms with Crippen LogP contribution in [0.15, 0.2) is 30.9 Å². The molecule has 0 unspecified atom stereocenters. The van der Waals surface area contributed by atoms with E-state index in [9.17, 15) is 10.1 Å². The quantitative estimate of drug-likeness (QED) is 0.648. The molecule has 2 aromatic rings. The van der Waals surface area contributed by atoms with Crippen molar-refractivity contribution in [2.75, 3.05) is 11.9 Å². The molecule has 0 radical (unpaired) electrons. The Labute approximate surface area is 108 Å². The van der Waals surface area contributed by atoms with E-state index in [-0.39, 0.29) is 17.4 Å². The third kappa shape index (κ3) is 2.92. The topological polar surface area (TPSA) is 103 Å². The molecular weight excluding hydrogens is 250 g/mol. The summed E-state index contributed by atoms with van der Waals surface area (Å²) in [6, 6.07) is 3.29. The summed E-state index contributed by atoms with van der Waals surface area (Å²) in [5, 5.41) is 13.9. The van der Waals surface area contributed by atoms with Crippen molar-refractivity contribution in [3.05, 3.63) is 41.0 Å². The van der Waals surface area contributed by atoms with E-state index in [0.717, 1.165) is 0 Å². The highest BCUT2D eigenvalue weighted by molar-refractivity contribution is 5.61. The Kier molecular flexibility index (Phi) is 3.81. The Morgan fingerprint density at radius 2 is 2.32 bits per heavy atom. The largest absolute Gasteiger partial charge is 0.432 e. The highest BCUT2D eigenvalue weighted by Gasteiger charge is 2.24. The summed E-state index contributed by atoms with van der Waals surface area (Å²) in [7, 11) is 0. The van der Waals surface area contributed by atoms with E-state index in [1.165, 1.54) is 12.5 Å². The van der Waals surface area contributed by atoms with Crippen molar-refractivity contribution in [2.24, 2.45) is 0 Å². The Hall–Kier alpha value is -2.77. The maximum Gasteiger partial charge on any atom is 0.373 e. The molecule has 0 aliphatic carbocycles. The lowest BCUT2D eigenvalue weighted by Crippen LogP contribution is -2.06. The summed E-state index contributed by atoms with van der Waals surface area (Å²) >= 11 is 0. The van der Waals surface area contributed by atoms with E-state index in [2.05, 4.69) is 20.3 Å². The van der Waals surface area contributed by atoms with Crippen LogP contribution in [0.1, 0.15) is 6.92 Å². The number of hydrogen-bond acceptors (Lipinski definition) is 7. The van der Waals surface area contributed by atoms with Crippen molar-refractivity contribution in [1.82, 2.24) is 15.0 Å². The van der Waals surface area contributed by atoms with Crippen molar-refractivity contribution < 1.29 is 9.66 Å². The number of ether oxygens (including phenoxy) is 1. The van der Waals surface area contributed by atoms with Crippen LogP contribution in [-0.2, 0) is 0 Å². The predicted octanol–water partition coefficient (Wildman–Crippen LogP) is 2.00. The average Bonchev–Trinajstić information content (AvgIpc) is 2.40. The summed E-state index contributed by atoms with van der Waals surface area (Å²) < 4.78 is 5.36. The molecular formula is C11H11N5O3. The average molecular weight is 261 g/mol. The fourth-order valence-corrected chi connectivity index (χ4v) is 1.42. The molecule has 2 aromatic heterocycles. The van der Waals surface area contributed by atoms with Gasteiger partial charge in [0.05, 0.1) is 11.1 Å². The number of anilines is 1. The van der Waals surface area contributed by atoms with Gasteiger partial charge in [0.15, 0.2) is 0 Å². The maximum atomic E-state index is 11.1. The van der Waals surface area contributed by atoms with E-state index in [1.807, 2.05) is 6.92 Å². The third-order valence-corrected chi connectivity index (χ3v) is 2.16. The molecule has 1 N–H and O–H groups in total. The van der Waals surface area contributed by atoms with Gasteiger partial charge in [-0.25, -0.2) is 4.98 Å². The van der Waals surface area contributed by atoms with Gasteiger partial charge in [-0.3, -0.25) is 15.1 Å². The second kappa shape index (κ2) is 5.71. The van der Waals surface area contributed by atoms with Gasteiger partial charge in [0.1, 0.15) is 12.1 Å². The van der Waals surface area contributed by atoms with E-state index < -0.39 is 4.92 Å². The van der Waals surface area contributed by atoms with Gasteiger partial charge in [-0.05, 0) is 19.1 Å². The fraction of sp³-hybridized carbons (Fsp3) is 0.182. The van der Waals surface area contributed by atoms with E-state index in [1.54, 1.807) is 18.3 Å². The van der Waals surface area contributed by atoms with E-state index in [4.69, 9.17) is 4.74 Å². The Bertz CT molecular complexity index is 576. The van der Waals surface area contributed by atoms with Crippen LogP contribution < -0.4 is 10.1 Å². The molecule has 0 aliphatic rings. The summed E-state index contributed by atoms with van der Waals surface area (Å²) in [6.07, 6.45) is 4.22. The zero-order valence-electron chi connectivity index (χ0n) is 10.1. The first-order valence-electron chi connectivity index (χ1n) is 5.53. The molecule has 0 fully saturated rings. The van der Waals surface area contributed by atoms with Crippen LogP contribution in [0.3, 0.4) is 0 Å². The minimum absolute atomic E-state index is 0.121. The standard InChI is InChI=1S/C11H11N5O3/c1-2-13-10-9(16(17)18)11(15-7-14-10)19-8-4-3-5-12-6-8/h3-7H,2H2,1H3,(H,13,14,15). The van der Waals surface area contributed by atoms with Gasteiger partial charge < -0.3 is 10.1 Å². The molecule has 0 saturated heterocycles. The van der Waals surface area contributed by atoms with Crippen molar-refractivity contribution in [1.29, 1.82) is 0 Å². The molecule has 0 bridgehead atoms. The van der Waals surface area contributed by atoms with Gasteiger partial charge in [-0.2, -0.15) is 4.98 Å². The zero-order valence-corrected chi connectivity index (χ0v) is 10.1. The Balaban J connectivity index is 2.39. The number of rotatable bonds is 5. The SMILES string of the molecule is CCNc1ncnc(Oc2cccnc2)c1[N+](=O)[O-]. The second-order valence-corrected chi connectivity index (χ2v) is 3.45. The molecule has 0 amide bonds. The normalized spacial score (nSPS) is 9.95. The number of nitrogens with one attached hydrogen (secondary N) is 1. The predicted molar refractivity (Wildman–Crippen MR) is 67.2 cm³/mol. The van der Waals surface area contributed by atoms with Gasteiger partial charge in [0.2, 0.25) is 5.82 Å². The first-order valence-corrected chi connectivity index (χ1v) is 5.53. The Morgan fingerprint density at radius 3 is 2.95 bits per heavy atom. The maximum absolute atomic E-state index is 11.1. The number of pyridine rings is 1. The molecule has 0 spiro atoms. The van der Waals surface area contributed by atoms with Crippen LogP contribution in [0.25, 0.3) is 0 Å². The smallest absolute Gasteiger partial charge is 0.373 e. The first-order chi connectivity index (χ1) is 9.22. The molecule has 2 heterocycles. The second-order valence-electron chi connectivity index (χ2n) is 3.45. The van der Waals surface area contributed by atoms with Crippen LogP contribution in [0, 0.1) is 10.1 Å². The number of hydrogen-bond donors (Lipinski definition) is 1. The lowest BCUT2D eigenvalue weighted by molar-refractivity contribution is -0.385. The van der Waals surface area contributed by atoms with Crippen LogP contribution >= 0.6 is 0 Å². The number of nitrogens with zero attached hydrogens (tertiary/aromatic N) is 4. The van der Waals surface area contributed by atoms with Gasteiger partial charge >= 0.3 is 11.6 Å². The van der Waals surface area contributed by atoms with Gasteiger partial charge in [0.25, 0.3) is 0 Å². The highest BCUT2D eigenvalue weighted by atomic mass is 16.6. The summed E-state index contributed by atoms with van der Waals surface area (Å²) in [5.41, 5.74) is -0.298. The molecule has 8 heteroatoms. The molecule has 8 nitrogen and oxygen atoms in total. The van der Waals surface area contributed by atoms with Crippen LogP contribution in [0.5, 0.6) is 11.6 Å². The van der Waals surface area contributed by atoms with Crippen molar-refractivity contribution >= 4 is 11.5 Å². The first kappa shape index (κ1) is 12.7. The molecule has 19 heavy (non-hydrogen) atoms. The highest BCUT2D eigenvalue weighted by Crippen LogP contribution is 2.33. The van der Waals surface area contributed by atoms with Crippen molar-refractivity contribution in [3.63, 3.8) is 0 Å². The lowest BCUT2D eigenvalue weighted by Gasteiger charge is -2.07. The molecule has 0 aliphatic heterocycles. The van der Waals surface area contributed by atoms with E-state index >= 15 is 0 Å². The number of aromatic nitrogens is 3. The molecule has 0 saturated carbocycles. The molecule has 0 atom stereocenters. The fourth-order valence-electron chi connectivity index (χ4n) is 1.42. The molecule has 0 aromatic carbocycles. The van der Waals surface area contributed by atoms with Gasteiger partial charge in [-0.1, -0.05) is 0 Å². The summed E-state index contributed by atoms with van der Waals surface area (Å²) in [5.74, 6) is 0.372. The number of nitro groups is 1. The van der Waals surface area contributed by atoms with Crippen molar-refractivity contribution in [3.8, 4) is 11.6 Å².